The summed E-state index contributed by atoms with van der Waals surface area (Å²) in [5.74, 6) is 0. The highest BCUT2D eigenvalue weighted by molar-refractivity contribution is 5.94. The molecule has 0 amide bonds. The van der Waals surface area contributed by atoms with Crippen molar-refractivity contribution in [1.82, 2.24) is 4.90 Å². The van der Waals surface area contributed by atoms with Crippen LogP contribution in [0.3, 0.4) is 0 Å². The van der Waals surface area contributed by atoms with Gasteiger partial charge in [0.2, 0.25) is 0 Å². The Labute approximate surface area is 124 Å². The second-order valence-electron chi connectivity index (χ2n) is 5.39. The minimum Gasteiger partial charge on any atom is -0.471 e. The van der Waals surface area contributed by atoms with Gasteiger partial charge >= 0.3 is 0 Å². The van der Waals surface area contributed by atoms with Crippen molar-refractivity contribution >= 4 is 22.7 Å². The van der Waals surface area contributed by atoms with Gasteiger partial charge in [-0.1, -0.05) is 36.4 Å². The van der Waals surface area contributed by atoms with Gasteiger partial charge in [0.15, 0.2) is 0 Å². The van der Waals surface area contributed by atoms with E-state index in [0.717, 1.165) is 28.6 Å². The zero-order chi connectivity index (χ0) is 14.7. The topological polar surface area (TPSA) is 28.7 Å². The smallest absolute Gasteiger partial charge is 0.100 e. The largest absolute Gasteiger partial charge is 0.471 e. The maximum absolute atomic E-state index is 5.23. The van der Waals surface area contributed by atoms with Gasteiger partial charge in [0.25, 0.3) is 0 Å². The van der Waals surface area contributed by atoms with Crippen LogP contribution in [0.15, 0.2) is 64.4 Å². The summed E-state index contributed by atoms with van der Waals surface area (Å²) in [5.41, 5.74) is 3.32. The Morgan fingerprint density at radius 1 is 1.05 bits per heavy atom. The first-order valence-electron chi connectivity index (χ1n) is 6.95. The molecule has 0 N–H and O–H groups in total. The van der Waals surface area contributed by atoms with Crippen LogP contribution in [-0.2, 0) is 6.54 Å². The zero-order valence-electron chi connectivity index (χ0n) is 12.3. The fraction of sp³-hybridized carbons (Fsp3) is 0.167. The second-order valence-corrected chi connectivity index (χ2v) is 5.39. The average molecular weight is 278 g/mol. The summed E-state index contributed by atoms with van der Waals surface area (Å²) >= 11 is 0. The Bertz CT molecular complexity index is 754. The van der Waals surface area contributed by atoms with Crippen molar-refractivity contribution in [3.05, 3.63) is 66.1 Å². The van der Waals surface area contributed by atoms with Crippen LogP contribution < -0.4 is 0 Å². The van der Waals surface area contributed by atoms with Crippen molar-refractivity contribution in [2.24, 2.45) is 4.99 Å². The lowest BCUT2D eigenvalue weighted by Gasteiger charge is -2.09. The predicted molar refractivity (Wildman–Crippen MR) is 87.3 cm³/mol. The van der Waals surface area contributed by atoms with Crippen LogP contribution in [0.1, 0.15) is 11.1 Å². The van der Waals surface area contributed by atoms with Gasteiger partial charge in [-0.3, -0.25) is 4.99 Å². The fourth-order valence-corrected chi connectivity index (χ4v) is 2.31. The molecule has 0 fully saturated rings. The lowest BCUT2D eigenvalue weighted by atomic mass is 10.1. The molecule has 0 spiro atoms. The standard InChI is InChI=1S/C18H18N2O/c1-20(2)11-15-8-6-14(7-9-15)10-19-18-5-3-4-16-12-21-13-17(16)18/h3-10,12-13H,11H2,1-2H3/b19-10+. The maximum Gasteiger partial charge on any atom is 0.100 e. The van der Waals surface area contributed by atoms with Gasteiger partial charge in [-0.05, 0) is 31.3 Å². The molecule has 0 saturated heterocycles. The van der Waals surface area contributed by atoms with Crippen molar-refractivity contribution in [3.8, 4) is 0 Å². The molecule has 3 nitrogen and oxygen atoms in total. The third-order valence-electron chi connectivity index (χ3n) is 3.33. The van der Waals surface area contributed by atoms with Crippen LogP contribution in [-0.4, -0.2) is 25.2 Å². The van der Waals surface area contributed by atoms with Gasteiger partial charge in [-0.25, -0.2) is 0 Å². The lowest BCUT2D eigenvalue weighted by Crippen LogP contribution is -2.10. The summed E-state index contributed by atoms with van der Waals surface area (Å²) in [4.78, 5) is 6.73. The molecule has 3 rings (SSSR count). The summed E-state index contributed by atoms with van der Waals surface area (Å²) < 4.78 is 5.23. The predicted octanol–water partition coefficient (Wildman–Crippen LogP) is 4.25. The van der Waals surface area contributed by atoms with E-state index in [9.17, 15) is 0 Å². The number of aliphatic imine (C=N–C) groups is 1. The molecule has 1 heterocycles. The highest BCUT2D eigenvalue weighted by atomic mass is 16.3. The number of benzene rings is 2. The molecule has 2 aromatic carbocycles. The first-order valence-corrected chi connectivity index (χ1v) is 6.95. The van der Waals surface area contributed by atoms with E-state index >= 15 is 0 Å². The SMILES string of the molecule is CN(C)Cc1ccc(/C=N/c2cccc3cocc23)cc1. The van der Waals surface area contributed by atoms with Gasteiger partial charge in [-0.15, -0.1) is 0 Å². The minimum absolute atomic E-state index is 0.929. The summed E-state index contributed by atoms with van der Waals surface area (Å²) in [5, 5.41) is 2.11. The van der Waals surface area contributed by atoms with Crippen molar-refractivity contribution in [3.63, 3.8) is 0 Å². The van der Waals surface area contributed by atoms with E-state index in [1.54, 1.807) is 12.5 Å². The summed E-state index contributed by atoms with van der Waals surface area (Å²) in [6, 6.07) is 14.5. The molecule has 3 heteroatoms. The normalized spacial score (nSPS) is 11.8. The Morgan fingerprint density at radius 3 is 2.62 bits per heavy atom. The van der Waals surface area contributed by atoms with Crippen LogP contribution in [0.4, 0.5) is 5.69 Å². The van der Waals surface area contributed by atoms with E-state index < -0.39 is 0 Å². The van der Waals surface area contributed by atoms with Crippen molar-refractivity contribution in [1.29, 1.82) is 0 Å². The number of fused-ring (bicyclic) bond motifs is 1. The number of nitrogens with zero attached hydrogens (tertiary/aromatic N) is 2. The molecule has 0 aliphatic heterocycles. The molecule has 3 aromatic rings. The molecule has 106 valence electrons. The summed E-state index contributed by atoms with van der Waals surface area (Å²) in [7, 11) is 4.14. The number of rotatable bonds is 4. The highest BCUT2D eigenvalue weighted by Gasteiger charge is 2.00. The maximum atomic E-state index is 5.23. The molecule has 0 radical (unpaired) electrons. The first kappa shape index (κ1) is 13.6. The van der Waals surface area contributed by atoms with Crippen molar-refractivity contribution in [2.75, 3.05) is 14.1 Å². The number of hydrogen-bond donors (Lipinski definition) is 0. The Kier molecular flexibility index (Phi) is 3.84. The Morgan fingerprint density at radius 2 is 1.86 bits per heavy atom. The molecule has 21 heavy (non-hydrogen) atoms. The highest BCUT2D eigenvalue weighted by Crippen LogP contribution is 2.26. The van der Waals surface area contributed by atoms with Crippen LogP contribution in [0.5, 0.6) is 0 Å². The Hall–Kier alpha value is -2.39. The molecular formula is C18H18N2O. The molecular weight excluding hydrogens is 260 g/mol. The van der Waals surface area contributed by atoms with Gasteiger partial charge in [-0.2, -0.15) is 0 Å². The minimum atomic E-state index is 0.929. The van der Waals surface area contributed by atoms with Gasteiger partial charge in [0.05, 0.1) is 12.0 Å². The van der Waals surface area contributed by atoms with E-state index in [-0.39, 0.29) is 0 Å². The average Bonchev–Trinajstić information content (AvgIpc) is 2.95. The van der Waals surface area contributed by atoms with Crippen LogP contribution >= 0.6 is 0 Å². The molecule has 0 unspecified atom stereocenters. The van der Waals surface area contributed by atoms with Crippen LogP contribution in [0.25, 0.3) is 10.8 Å². The van der Waals surface area contributed by atoms with Crippen LogP contribution in [0.2, 0.25) is 0 Å². The summed E-state index contributed by atoms with van der Waals surface area (Å²) in [6.45, 7) is 0.950. The van der Waals surface area contributed by atoms with Gasteiger partial charge in [0.1, 0.15) is 6.26 Å². The monoisotopic (exact) mass is 278 g/mol. The van der Waals surface area contributed by atoms with Crippen molar-refractivity contribution < 1.29 is 4.42 Å². The molecule has 0 atom stereocenters. The van der Waals surface area contributed by atoms with Crippen LogP contribution in [0, 0.1) is 0 Å². The Balaban J connectivity index is 1.81. The lowest BCUT2D eigenvalue weighted by molar-refractivity contribution is 0.402. The van der Waals surface area contributed by atoms with E-state index in [0.29, 0.717) is 0 Å². The zero-order valence-corrected chi connectivity index (χ0v) is 12.3. The molecule has 0 aliphatic rings. The van der Waals surface area contributed by atoms with Gasteiger partial charge < -0.3 is 9.32 Å². The molecule has 0 bridgehead atoms. The third kappa shape index (κ3) is 3.20. The number of hydrogen-bond acceptors (Lipinski definition) is 3. The van der Waals surface area contributed by atoms with Crippen molar-refractivity contribution in [2.45, 2.75) is 6.54 Å². The van der Waals surface area contributed by atoms with E-state index in [2.05, 4.69) is 48.3 Å². The van der Waals surface area contributed by atoms with Gasteiger partial charge in [0, 0.05) is 23.5 Å². The second kappa shape index (κ2) is 5.94. The van der Waals surface area contributed by atoms with E-state index in [1.807, 2.05) is 24.4 Å². The first-order chi connectivity index (χ1) is 10.2. The molecule has 0 saturated carbocycles. The molecule has 0 aliphatic carbocycles. The summed E-state index contributed by atoms with van der Waals surface area (Å²) in [6.07, 6.45) is 5.37. The van der Waals surface area contributed by atoms with E-state index in [4.69, 9.17) is 4.42 Å². The fourth-order valence-electron chi connectivity index (χ4n) is 2.31. The van der Waals surface area contributed by atoms with E-state index in [1.165, 1.54) is 5.56 Å². The quantitative estimate of drug-likeness (QED) is 0.668. The third-order valence-corrected chi connectivity index (χ3v) is 3.33. The number of furan rings is 1. The molecule has 1 aromatic heterocycles.